The Labute approximate surface area is 164 Å². The van der Waals surface area contributed by atoms with E-state index in [1.54, 1.807) is 25.3 Å². The first-order chi connectivity index (χ1) is 12.6. The lowest BCUT2D eigenvalue weighted by Gasteiger charge is -2.28. The normalized spacial score (nSPS) is 13.7. The van der Waals surface area contributed by atoms with Gasteiger partial charge in [-0.15, -0.1) is 12.4 Å². The molecule has 0 aromatic heterocycles. The summed E-state index contributed by atoms with van der Waals surface area (Å²) in [5.74, 6) is 0.146. The smallest absolute Gasteiger partial charge is 0.254 e. The van der Waals surface area contributed by atoms with Crippen molar-refractivity contribution in [2.75, 3.05) is 46.5 Å². The molecule has 7 nitrogen and oxygen atoms in total. The molecule has 0 fully saturated rings. The molecule has 1 aromatic carbocycles. The van der Waals surface area contributed by atoms with Crippen molar-refractivity contribution in [2.24, 2.45) is 5.73 Å². The number of hydrogen-bond acceptors (Lipinski definition) is 5. The molecule has 9 heteroatoms. The van der Waals surface area contributed by atoms with Crippen molar-refractivity contribution in [1.29, 1.82) is 0 Å². The van der Waals surface area contributed by atoms with Gasteiger partial charge in [0.1, 0.15) is 12.4 Å². The Morgan fingerprint density at radius 2 is 2.22 bits per heavy atom. The van der Waals surface area contributed by atoms with E-state index >= 15 is 0 Å². The summed E-state index contributed by atoms with van der Waals surface area (Å²) < 4.78 is 22.9. The van der Waals surface area contributed by atoms with Gasteiger partial charge in [-0.05, 0) is 30.2 Å². The second-order valence-electron chi connectivity index (χ2n) is 5.90. The number of rotatable bonds is 9. The fourth-order valence-corrected chi connectivity index (χ4v) is 2.59. The molecule has 0 bridgehead atoms. The lowest BCUT2D eigenvalue weighted by Crippen LogP contribution is -2.44. The Bertz CT molecular complexity index is 685. The van der Waals surface area contributed by atoms with Crippen LogP contribution in [0.4, 0.5) is 4.39 Å². The second kappa shape index (κ2) is 11.5. The maximum absolute atomic E-state index is 12.6. The number of carbonyl (C=O) groups excluding carboxylic acids is 2. The van der Waals surface area contributed by atoms with Crippen LogP contribution in [-0.2, 0) is 16.0 Å². The monoisotopic (exact) mass is 401 g/mol. The van der Waals surface area contributed by atoms with E-state index in [4.69, 9.17) is 15.2 Å². The molecule has 0 spiro atoms. The quantitative estimate of drug-likeness (QED) is 0.603. The summed E-state index contributed by atoms with van der Waals surface area (Å²) in [6, 6.07) is 5.10. The van der Waals surface area contributed by atoms with E-state index in [1.807, 2.05) is 0 Å². The largest absolute Gasteiger partial charge is 0.489 e. The van der Waals surface area contributed by atoms with Gasteiger partial charge in [-0.1, -0.05) is 0 Å². The van der Waals surface area contributed by atoms with Crippen LogP contribution in [0.5, 0.6) is 5.75 Å². The first-order valence-corrected chi connectivity index (χ1v) is 8.37. The number of hydrogen-bond donors (Lipinski definition) is 2. The van der Waals surface area contributed by atoms with Crippen molar-refractivity contribution < 1.29 is 23.5 Å². The van der Waals surface area contributed by atoms with Crippen LogP contribution in [-0.4, -0.2) is 63.2 Å². The number of nitrogens with one attached hydrogen (secondary N) is 1. The van der Waals surface area contributed by atoms with E-state index in [-0.39, 0.29) is 43.9 Å². The topological polar surface area (TPSA) is 93.9 Å². The summed E-state index contributed by atoms with van der Waals surface area (Å²) in [4.78, 5) is 26.0. The third-order valence-corrected chi connectivity index (χ3v) is 4.05. The van der Waals surface area contributed by atoms with Crippen molar-refractivity contribution in [1.82, 2.24) is 10.2 Å². The second-order valence-corrected chi connectivity index (χ2v) is 5.90. The highest BCUT2D eigenvalue weighted by atomic mass is 35.5. The van der Waals surface area contributed by atoms with Crippen molar-refractivity contribution in [3.05, 3.63) is 41.2 Å². The Hall–Kier alpha value is -2.16. The number of methoxy groups -OCH3 is 1. The lowest BCUT2D eigenvalue weighted by atomic mass is 9.98. The Morgan fingerprint density at radius 3 is 2.89 bits per heavy atom. The molecule has 0 unspecified atom stereocenters. The molecule has 2 amide bonds. The summed E-state index contributed by atoms with van der Waals surface area (Å²) in [6.45, 7) is 1.45. The Morgan fingerprint density at radius 1 is 1.44 bits per heavy atom. The molecular formula is C18H25ClFN3O4. The molecule has 3 N–H and O–H groups in total. The van der Waals surface area contributed by atoms with Crippen LogP contribution in [0.3, 0.4) is 0 Å². The van der Waals surface area contributed by atoms with Gasteiger partial charge in [0.2, 0.25) is 5.91 Å². The van der Waals surface area contributed by atoms with Crippen molar-refractivity contribution >= 4 is 24.2 Å². The maximum Gasteiger partial charge on any atom is 0.254 e. The zero-order valence-electron chi connectivity index (χ0n) is 15.2. The van der Waals surface area contributed by atoms with Crippen LogP contribution in [0, 0.1) is 0 Å². The van der Waals surface area contributed by atoms with E-state index in [1.165, 1.54) is 4.90 Å². The molecule has 150 valence electrons. The Kier molecular flexibility index (Phi) is 9.77. The van der Waals surface area contributed by atoms with Crippen LogP contribution in [0.15, 0.2) is 30.1 Å². The molecule has 1 aromatic rings. The predicted molar refractivity (Wildman–Crippen MR) is 102 cm³/mol. The van der Waals surface area contributed by atoms with Gasteiger partial charge in [-0.2, -0.15) is 0 Å². The fourth-order valence-electron chi connectivity index (χ4n) is 2.59. The summed E-state index contributed by atoms with van der Waals surface area (Å²) in [7, 11) is 1.56. The predicted octanol–water partition coefficient (Wildman–Crippen LogP) is 1.06. The summed E-state index contributed by atoms with van der Waals surface area (Å²) in [5, 5.41) is 2.70. The van der Waals surface area contributed by atoms with Gasteiger partial charge in [0.15, 0.2) is 0 Å². The van der Waals surface area contributed by atoms with E-state index in [0.29, 0.717) is 49.3 Å². The zero-order chi connectivity index (χ0) is 18.9. The van der Waals surface area contributed by atoms with Gasteiger partial charge in [0, 0.05) is 37.9 Å². The molecule has 1 aliphatic rings. The molecule has 1 aliphatic heterocycles. The van der Waals surface area contributed by atoms with Crippen LogP contribution >= 0.6 is 12.4 Å². The maximum atomic E-state index is 12.6. The van der Waals surface area contributed by atoms with Gasteiger partial charge < -0.3 is 25.4 Å². The van der Waals surface area contributed by atoms with Crippen molar-refractivity contribution in [2.45, 2.75) is 6.42 Å². The molecule has 0 radical (unpaired) electrons. The molecule has 0 saturated carbocycles. The molecule has 0 atom stereocenters. The van der Waals surface area contributed by atoms with Crippen molar-refractivity contribution in [3.8, 4) is 5.75 Å². The van der Waals surface area contributed by atoms with E-state index in [2.05, 4.69) is 5.32 Å². The van der Waals surface area contributed by atoms with E-state index < -0.39 is 0 Å². The molecule has 2 rings (SSSR count). The molecule has 0 saturated heterocycles. The minimum Gasteiger partial charge on any atom is -0.489 e. The Balaban J connectivity index is 0.00000364. The van der Waals surface area contributed by atoms with Crippen molar-refractivity contribution in [3.63, 3.8) is 0 Å². The zero-order valence-corrected chi connectivity index (χ0v) is 16.0. The molecule has 0 aliphatic carbocycles. The third kappa shape index (κ3) is 6.50. The number of halogens is 2. The fraction of sp³-hybridized carbons (Fsp3) is 0.444. The lowest BCUT2D eigenvalue weighted by molar-refractivity contribution is -0.122. The highest BCUT2D eigenvalue weighted by Crippen LogP contribution is 2.24. The number of nitrogens with two attached hydrogens (primary N) is 1. The number of nitrogens with zero attached hydrogens (tertiary/aromatic N) is 1. The van der Waals surface area contributed by atoms with Crippen LogP contribution in [0.2, 0.25) is 0 Å². The van der Waals surface area contributed by atoms with Gasteiger partial charge in [0.25, 0.3) is 5.91 Å². The number of benzene rings is 1. The number of carbonyl (C=O) groups is 2. The minimum absolute atomic E-state index is 0. The third-order valence-electron chi connectivity index (χ3n) is 4.05. The minimum atomic E-state index is -0.217. The number of ether oxygens (including phenoxy) is 2. The number of fused-ring (bicyclic) bond motifs is 1. The van der Waals surface area contributed by atoms with Gasteiger partial charge >= 0.3 is 0 Å². The average molecular weight is 402 g/mol. The van der Waals surface area contributed by atoms with Crippen LogP contribution in [0.1, 0.15) is 15.9 Å². The first kappa shape index (κ1) is 22.9. The average Bonchev–Trinajstić information content (AvgIpc) is 2.65. The van der Waals surface area contributed by atoms with E-state index in [0.717, 1.165) is 5.56 Å². The molecular weight excluding hydrogens is 377 g/mol. The SMILES string of the molecule is COCCNC(=O)CN1CCc2cc(OC/C(=C/F)CN)ccc2C1=O.Cl. The molecule has 1 heterocycles. The highest BCUT2D eigenvalue weighted by Gasteiger charge is 2.26. The first-order valence-electron chi connectivity index (χ1n) is 8.37. The van der Waals surface area contributed by atoms with Gasteiger partial charge in [-0.25, -0.2) is 4.39 Å². The summed E-state index contributed by atoms with van der Waals surface area (Å²) in [6.07, 6.45) is 1.06. The highest BCUT2D eigenvalue weighted by molar-refractivity contribution is 5.98. The van der Waals surface area contributed by atoms with Gasteiger partial charge in [-0.3, -0.25) is 9.59 Å². The summed E-state index contributed by atoms with van der Waals surface area (Å²) in [5.41, 5.74) is 7.14. The summed E-state index contributed by atoms with van der Waals surface area (Å²) >= 11 is 0. The number of amides is 2. The van der Waals surface area contributed by atoms with E-state index in [9.17, 15) is 14.0 Å². The molecule has 27 heavy (non-hydrogen) atoms. The van der Waals surface area contributed by atoms with Crippen LogP contribution in [0.25, 0.3) is 0 Å². The standard InChI is InChI=1S/C18H24FN3O4.ClH/c1-25-7-5-21-17(23)11-22-6-4-14-8-15(2-3-16(14)18(22)24)26-12-13(9-19)10-20;/h2-3,8-9H,4-7,10-12,20H2,1H3,(H,21,23);1H/b13-9+;. The van der Waals surface area contributed by atoms with Gasteiger partial charge in [0.05, 0.1) is 19.5 Å². The van der Waals surface area contributed by atoms with Crippen LogP contribution < -0.4 is 15.8 Å².